The van der Waals surface area contributed by atoms with Crippen LogP contribution in [0.2, 0.25) is 0 Å². The molecule has 0 aliphatic rings. The lowest BCUT2D eigenvalue weighted by atomic mass is 9.95. The van der Waals surface area contributed by atoms with E-state index in [-0.39, 0.29) is 0 Å². The predicted molar refractivity (Wildman–Crippen MR) is 181 cm³/mol. The van der Waals surface area contributed by atoms with Crippen LogP contribution in [0.1, 0.15) is 0 Å². The van der Waals surface area contributed by atoms with E-state index in [0.29, 0.717) is 0 Å². The van der Waals surface area contributed by atoms with Crippen molar-refractivity contribution in [3.05, 3.63) is 146 Å². The van der Waals surface area contributed by atoms with E-state index in [1.165, 1.54) is 21.5 Å². The van der Waals surface area contributed by atoms with Gasteiger partial charge in [0.2, 0.25) is 0 Å². The molecular formula is C40H24N4. The summed E-state index contributed by atoms with van der Waals surface area (Å²) in [4.78, 5) is 19.3. The summed E-state index contributed by atoms with van der Waals surface area (Å²) in [5, 5.41) is 7.05. The van der Waals surface area contributed by atoms with Crippen molar-refractivity contribution in [1.29, 1.82) is 0 Å². The first kappa shape index (κ1) is 24.6. The summed E-state index contributed by atoms with van der Waals surface area (Å²) in [6.07, 6.45) is 3.45. The molecule has 44 heavy (non-hydrogen) atoms. The zero-order valence-corrected chi connectivity index (χ0v) is 23.6. The van der Waals surface area contributed by atoms with Crippen LogP contribution in [0.3, 0.4) is 0 Å². The standard InChI is InChI=1S/C40H24N4/c1-2-6-31-30(5-1)23-34(33-8-4-3-7-32(31)33)36-19-16-28-14-13-27-15-18-35(43-39(27)40(28)44-36)26-11-9-25(10-12-26)29-17-20-37-38(24-29)42-22-21-41-37/h1-24H. The van der Waals surface area contributed by atoms with Gasteiger partial charge in [-0.1, -0.05) is 103 Å². The fraction of sp³-hybridized carbons (Fsp3) is 0. The first-order valence-electron chi connectivity index (χ1n) is 14.7. The van der Waals surface area contributed by atoms with Gasteiger partial charge < -0.3 is 0 Å². The van der Waals surface area contributed by atoms with Crippen LogP contribution in [0.4, 0.5) is 0 Å². The van der Waals surface area contributed by atoms with Crippen LogP contribution < -0.4 is 0 Å². The quantitative estimate of drug-likeness (QED) is 0.202. The first-order chi connectivity index (χ1) is 21.8. The van der Waals surface area contributed by atoms with E-state index in [1.54, 1.807) is 12.4 Å². The average Bonchev–Trinajstić information content (AvgIpc) is 3.10. The minimum absolute atomic E-state index is 0.890. The second kappa shape index (κ2) is 9.79. The van der Waals surface area contributed by atoms with Crippen LogP contribution in [-0.2, 0) is 0 Å². The molecule has 0 fully saturated rings. The molecule has 0 aliphatic carbocycles. The Labute approximate surface area is 253 Å². The summed E-state index contributed by atoms with van der Waals surface area (Å²) in [5.41, 5.74) is 9.90. The number of rotatable bonds is 3. The molecule has 3 aromatic heterocycles. The van der Waals surface area contributed by atoms with Crippen molar-refractivity contribution in [2.45, 2.75) is 0 Å². The van der Waals surface area contributed by atoms with Crippen LogP contribution in [0.15, 0.2) is 146 Å². The molecule has 3 heterocycles. The number of benzene rings is 6. The van der Waals surface area contributed by atoms with Crippen molar-refractivity contribution in [2.24, 2.45) is 0 Å². The Bertz CT molecular complexity index is 2550. The molecule has 4 nitrogen and oxygen atoms in total. The maximum atomic E-state index is 5.27. The van der Waals surface area contributed by atoms with Crippen molar-refractivity contribution < 1.29 is 0 Å². The third-order valence-electron chi connectivity index (χ3n) is 8.55. The van der Waals surface area contributed by atoms with E-state index in [2.05, 4.69) is 137 Å². The third-order valence-corrected chi connectivity index (χ3v) is 8.55. The number of pyridine rings is 2. The average molecular weight is 561 g/mol. The lowest BCUT2D eigenvalue weighted by Crippen LogP contribution is -1.92. The molecule has 0 atom stereocenters. The summed E-state index contributed by atoms with van der Waals surface area (Å²) in [5.74, 6) is 0. The maximum absolute atomic E-state index is 5.27. The summed E-state index contributed by atoms with van der Waals surface area (Å²) in [6.45, 7) is 0. The van der Waals surface area contributed by atoms with E-state index in [0.717, 1.165) is 66.5 Å². The molecule has 204 valence electrons. The monoisotopic (exact) mass is 560 g/mol. The molecule has 0 unspecified atom stereocenters. The smallest absolute Gasteiger partial charge is 0.0972 e. The Kier molecular flexibility index (Phi) is 5.47. The number of hydrogen-bond donors (Lipinski definition) is 0. The van der Waals surface area contributed by atoms with Gasteiger partial charge in [0.05, 0.1) is 33.5 Å². The summed E-state index contributed by atoms with van der Waals surface area (Å²) in [7, 11) is 0. The van der Waals surface area contributed by atoms with Crippen LogP contribution in [0, 0.1) is 0 Å². The highest BCUT2D eigenvalue weighted by atomic mass is 14.8. The van der Waals surface area contributed by atoms with Crippen LogP contribution in [-0.4, -0.2) is 19.9 Å². The van der Waals surface area contributed by atoms with E-state index in [9.17, 15) is 0 Å². The van der Waals surface area contributed by atoms with Crippen LogP contribution >= 0.6 is 0 Å². The van der Waals surface area contributed by atoms with Crippen molar-refractivity contribution in [1.82, 2.24) is 19.9 Å². The lowest BCUT2D eigenvalue weighted by Gasteiger charge is -2.12. The van der Waals surface area contributed by atoms with Gasteiger partial charge in [-0.3, -0.25) is 9.97 Å². The zero-order valence-electron chi connectivity index (χ0n) is 23.6. The molecule has 0 amide bonds. The molecule has 0 saturated carbocycles. The van der Waals surface area contributed by atoms with Gasteiger partial charge in [-0.25, -0.2) is 9.97 Å². The molecule has 4 heteroatoms. The molecule has 0 radical (unpaired) electrons. The van der Waals surface area contributed by atoms with E-state index in [1.807, 2.05) is 6.07 Å². The summed E-state index contributed by atoms with van der Waals surface area (Å²) >= 11 is 0. The van der Waals surface area contributed by atoms with Gasteiger partial charge in [-0.2, -0.15) is 0 Å². The zero-order chi connectivity index (χ0) is 29.0. The molecule has 0 aliphatic heterocycles. The molecule has 9 rings (SSSR count). The largest absolute Gasteiger partial charge is 0.253 e. The third kappa shape index (κ3) is 4.00. The van der Waals surface area contributed by atoms with Gasteiger partial charge in [0.25, 0.3) is 0 Å². The molecule has 0 spiro atoms. The number of hydrogen-bond acceptors (Lipinski definition) is 4. The minimum Gasteiger partial charge on any atom is -0.253 e. The molecule has 0 N–H and O–H groups in total. The first-order valence-corrected chi connectivity index (χ1v) is 14.7. The summed E-state index contributed by atoms with van der Waals surface area (Å²) in [6, 6.07) is 47.0. The number of fused-ring (bicyclic) bond motifs is 7. The Balaban J connectivity index is 1.16. The lowest BCUT2D eigenvalue weighted by molar-refractivity contribution is 1.29. The van der Waals surface area contributed by atoms with Gasteiger partial charge >= 0.3 is 0 Å². The van der Waals surface area contributed by atoms with Crippen molar-refractivity contribution in [3.8, 4) is 33.6 Å². The second-order valence-corrected chi connectivity index (χ2v) is 11.1. The second-order valence-electron chi connectivity index (χ2n) is 11.1. The van der Waals surface area contributed by atoms with E-state index >= 15 is 0 Å². The predicted octanol–water partition coefficient (Wildman–Crippen LogP) is 10.0. The highest BCUT2D eigenvalue weighted by Gasteiger charge is 2.13. The van der Waals surface area contributed by atoms with Crippen molar-refractivity contribution in [2.75, 3.05) is 0 Å². The van der Waals surface area contributed by atoms with E-state index in [4.69, 9.17) is 9.97 Å². The van der Waals surface area contributed by atoms with Gasteiger partial charge in [0.1, 0.15) is 0 Å². The normalized spacial score (nSPS) is 11.6. The number of aromatic nitrogens is 4. The Morgan fingerprint density at radius 1 is 0.364 bits per heavy atom. The minimum atomic E-state index is 0.890. The molecular weight excluding hydrogens is 536 g/mol. The van der Waals surface area contributed by atoms with Crippen molar-refractivity contribution in [3.63, 3.8) is 0 Å². The maximum Gasteiger partial charge on any atom is 0.0972 e. The fourth-order valence-corrected chi connectivity index (χ4v) is 6.32. The van der Waals surface area contributed by atoms with Crippen LogP contribution in [0.25, 0.3) is 88.0 Å². The molecule has 9 aromatic rings. The highest BCUT2D eigenvalue weighted by Crippen LogP contribution is 2.36. The number of nitrogens with zero attached hydrogens (tertiary/aromatic N) is 4. The molecule has 6 aromatic carbocycles. The Morgan fingerprint density at radius 2 is 0.955 bits per heavy atom. The van der Waals surface area contributed by atoms with Gasteiger partial charge in [-0.05, 0) is 63.0 Å². The summed E-state index contributed by atoms with van der Waals surface area (Å²) < 4.78 is 0. The molecule has 0 saturated heterocycles. The van der Waals surface area contributed by atoms with Crippen molar-refractivity contribution >= 4 is 54.4 Å². The van der Waals surface area contributed by atoms with Crippen LogP contribution in [0.5, 0.6) is 0 Å². The van der Waals surface area contributed by atoms with Gasteiger partial charge in [0, 0.05) is 34.3 Å². The topological polar surface area (TPSA) is 51.6 Å². The van der Waals surface area contributed by atoms with Gasteiger partial charge in [-0.15, -0.1) is 0 Å². The Morgan fingerprint density at radius 3 is 1.75 bits per heavy atom. The fourth-order valence-electron chi connectivity index (χ4n) is 6.32. The Hall–Kier alpha value is -6.00. The molecule has 0 bridgehead atoms. The highest BCUT2D eigenvalue weighted by molar-refractivity contribution is 6.14. The van der Waals surface area contributed by atoms with E-state index < -0.39 is 0 Å². The SMILES string of the molecule is c1ccc2c(c1)cc(-c1ccc3ccc4ccc(-c5ccc(-c6ccc7nccnc7c6)cc5)nc4c3n1)c1ccccc12. The van der Waals surface area contributed by atoms with Gasteiger partial charge in [0.15, 0.2) is 0 Å².